The van der Waals surface area contributed by atoms with E-state index in [1.807, 2.05) is 54.6 Å². The van der Waals surface area contributed by atoms with Crippen LogP contribution in [0.4, 0.5) is 0 Å². The molecule has 0 saturated carbocycles. The molecule has 0 aliphatic carbocycles. The number of hydrogen-bond donors (Lipinski definition) is 2. The highest BCUT2D eigenvalue weighted by molar-refractivity contribution is 5.71. The van der Waals surface area contributed by atoms with Gasteiger partial charge in [-0.1, -0.05) is 42.5 Å². The smallest absolute Gasteiger partial charge is 0.307 e. The zero-order chi connectivity index (χ0) is 18.4. The maximum atomic E-state index is 11.0. The van der Waals surface area contributed by atoms with E-state index in [9.17, 15) is 4.79 Å². The fourth-order valence-electron chi connectivity index (χ4n) is 2.69. The Morgan fingerprint density at radius 3 is 2.65 bits per heavy atom. The highest BCUT2D eigenvalue weighted by Gasteiger charge is 2.08. The van der Waals surface area contributed by atoms with E-state index in [2.05, 4.69) is 4.98 Å². The first-order chi connectivity index (χ1) is 12.7. The molecule has 1 aromatic heterocycles. The van der Waals surface area contributed by atoms with Crippen LogP contribution in [0.1, 0.15) is 16.8 Å². The van der Waals surface area contributed by atoms with Crippen molar-refractivity contribution in [1.82, 2.24) is 4.98 Å². The molecule has 5 heteroatoms. The van der Waals surface area contributed by atoms with Gasteiger partial charge in [0.2, 0.25) is 0 Å². The maximum Gasteiger partial charge on any atom is 0.307 e. The topological polar surface area (TPSA) is 85.4 Å². The Bertz CT molecular complexity index is 909. The number of nitrogens with zero attached hydrogens (tertiary/aromatic N) is 1. The third-order valence-corrected chi connectivity index (χ3v) is 3.95. The Balaban J connectivity index is 1.77. The number of carboxylic acid groups (broad SMARTS) is 1. The van der Waals surface area contributed by atoms with E-state index >= 15 is 0 Å². The summed E-state index contributed by atoms with van der Waals surface area (Å²) in [6.45, 7) is 0.748. The Kier molecular flexibility index (Phi) is 5.61. The first-order valence-corrected chi connectivity index (χ1v) is 8.33. The fraction of sp³-hybridized carbons (Fsp3) is 0.143. The molecule has 3 N–H and O–H groups in total. The van der Waals surface area contributed by atoms with E-state index in [-0.39, 0.29) is 6.42 Å². The van der Waals surface area contributed by atoms with Crippen molar-refractivity contribution in [2.75, 3.05) is 0 Å². The normalized spacial score (nSPS) is 10.5. The van der Waals surface area contributed by atoms with Gasteiger partial charge in [0.15, 0.2) is 0 Å². The standard InChI is InChI=1S/C21H20N2O3/c22-13-18-8-4-9-19(23-18)16-7-3-5-15(11-16)14-26-20-10-2-1-6-17(20)12-21(24)25/h1-11H,12-14,22H2,(H,24,25). The quantitative estimate of drug-likeness (QED) is 0.683. The molecule has 0 aliphatic rings. The highest BCUT2D eigenvalue weighted by atomic mass is 16.5. The van der Waals surface area contributed by atoms with E-state index < -0.39 is 5.97 Å². The molecule has 0 spiro atoms. The van der Waals surface area contributed by atoms with Crippen LogP contribution in [0.25, 0.3) is 11.3 Å². The van der Waals surface area contributed by atoms with Gasteiger partial charge < -0.3 is 15.6 Å². The van der Waals surface area contributed by atoms with E-state index in [4.69, 9.17) is 15.6 Å². The molecular weight excluding hydrogens is 328 g/mol. The van der Waals surface area contributed by atoms with Crippen LogP contribution >= 0.6 is 0 Å². The van der Waals surface area contributed by atoms with Gasteiger partial charge in [-0.2, -0.15) is 0 Å². The summed E-state index contributed by atoms with van der Waals surface area (Å²) in [6.07, 6.45) is -0.0635. The van der Waals surface area contributed by atoms with E-state index in [1.165, 1.54) is 0 Å². The summed E-state index contributed by atoms with van der Waals surface area (Å²) in [5.41, 5.74) is 9.99. The van der Waals surface area contributed by atoms with Crippen LogP contribution in [-0.4, -0.2) is 16.1 Å². The predicted molar refractivity (Wildman–Crippen MR) is 99.7 cm³/mol. The molecule has 2 aromatic carbocycles. The third kappa shape index (κ3) is 4.46. The van der Waals surface area contributed by atoms with Gasteiger partial charge in [-0.25, -0.2) is 0 Å². The second-order valence-electron chi connectivity index (χ2n) is 5.89. The van der Waals surface area contributed by atoms with Crippen LogP contribution in [0.15, 0.2) is 66.7 Å². The average molecular weight is 348 g/mol. The summed E-state index contributed by atoms with van der Waals surface area (Å²) in [5, 5.41) is 9.01. The Morgan fingerprint density at radius 1 is 1.04 bits per heavy atom. The largest absolute Gasteiger partial charge is 0.489 e. The van der Waals surface area contributed by atoms with Gasteiger partial charge in [0, 0.05) is 17.7 Å². The minimum absolute atomic E-state index is 0.0635. The molecule has 1 heterocycles. The van der Waals surface area contributed by atoms with Crippen LogP contribution in [0.3, 0.4) is 0 Å². The first kappa shape index (κ1) is 17.6. The Labute approximate surface area is 152 Å². The summed E-state index contributed by atoms with van der Waals surface area (Å²) in [6, 6.07) is 20.9. The van der Waals surface area contributed by atoms with Gasteiger partial charge in [0.05, 0.1) is 17.8 Å². The first-order valence-electron chi connectivity index (χ1n) is 8.33. The van der Waals surface area contributed by atoms with Crippen molar-refractivity contribution in [1.29, 1.82) is 0 Å². The molecule has 0 amide bonds. The van der Waals surface area contributed by atoms with Gasteiger partial charge in [-0.3, -0.25) is 9.78 Å². The van der Waals surface area contributed by atoms with Crippen LogP contribution in [0.2, 0.25) is 0 Å². The molecular formula is C21H20N2O3. The summed E-state index contributed by atoms with van der Waals surface area (Å²) in [7, 11) is 0. The van der Waals surface area contributed by atoms with Crippen molar-refractivity contribution >= 4 is 5.97 Å². The molecule has 0 aliphatic heterocycles. The number of aliphatic carboxylic acids is 1. The van der Waals surface area contributed by atoms with Crippen LogP contribution in [0.5, 0.6) is 5.75 Å². The number of carboxylic acids is 1. The van der Waals surface area contributed by atoms with Crippen molar-refractivity contribution in [3.63, 3.8) is 0 Å². The minimum atomic E-state index is -0.881. The number of hydrogen-bond acceptors (Lipinski definition) is 4. The number of aromatic nitrogens is 1. The molecule has 26 heavy (non-hydrogen) atoms. The zero-order valence-corrected chi connectivity index (χ0v) is 14.3. The lowest BCUT2D eigenvalue weighted by Gasteiger charge is -2.11. The van der Waals surface area contributed by atoms with Gasteiger partial charge in [-0.05, 0) is 29.8 Å². The SMILES string of the molecule is NCc1cccc(-c2cccc(COc3ccccc3CC(=O)O)c2)n1. The van der Waals surface area contributed by atoms with Crippen molar-refractivity contribution in [3.05, 3.63) is 83.6 Å². The molecule has 0 saturated heterocycles. The second-order valence-corrected chi connectivity index (χ2v) is 5.89. The summed E-state index contributed by atoms with van der Waals surface area (Å²) >= 11 is 0. The maximum absolute atomic E-state index is 11.0. The molecule has 3 rings (SSSR count). The van der Waals surface area contributed by atoms with E-state index in [0.29, 0.717) is 24.5 Å². The lowest BCUT2D eigenvalue weighted by Crippen LogP contribution is -2.04. The van der Waals surface area contributed by atoms with Crippen LogP contribution < -0.4 is 10.5 Å². The summed E-state index contributed by atoms with van der Waals surface area (Å²) in [5.74, 6) is -0.294. The predicted octanol–water partition coefficient (Wildman–Crippen LogP) is 3.41. The molecule has 0 bridgehead atoms. The number of ether oxygens (including phenoxy) is 1. The van der Waals surface area contributed by atoms with Crippen LogP contribution in [-0.2, 0) is 24.4 Å². The molecule has 3 aromatic rings. The van der Waals surface area contributed by atoms with Gasteiger partial charge >= 0.3 is 5.97 Å². The molecule has 0 atom stereocenters. The molecule has 0 radical (unpaired) electrons. The number of benzene rings is 2. The van der Waals surface area contributed by atoms with Gasteiger partial charge in [0.25, 0.3) is 0 Å². The van der Waals surface area contributed by atoms with E-state index in [1.54, 1.807) is 12.1 Å². The van der Waals surface area contributed by atoms with E-state index in [0.717, 1.165) is 22.5 Å². The van der Waals surface area contributed by atoms with Crippen molar-refractivity contribution < 1.29 is 14.6 Å². The molecule has 0 fully saturated rings. The number of carbonyl (C=O) groups is 1. The van der Waals surface area contributed by atoms with Crippen molar-refractivity contribution in [3.8, 4) is 17.0 Å². The monoisotopic (exact) mass is 348 g/mol. The third-order valence-electron chi connectivity index (χ3n) is 3.95. The summed E-state index contributed by atoms with van der Waals surface area (Å²) in [4.78, 5) is 15.5. The lowest BCUT2D eigenvalue weighted by molar-refractivity contribution is -0.136. The number of pyridine rings is 1. The van der Waals surface area contributed by atoms with Crippen molar-refractivity contribution in [2.24, 2.45) is 5.73 Å². The molecule has 0 unspecified atom stereocenters. The summed E-state index contributed by atoms with van der Waals surface area (Å²) < 4.78 is 5.86. The lowest BCUT2D eigenvalue weighted by atomic mass is 10.1. The Morgan fingerprint density at radius 2 is 1.85 bits per heavy atom. The van der Waals surface area contributed by atoms with Crippen molar-refractivity contribution in [2.45, 2.75) is 19.6 Å². The second kappa shape index (κ2) is 8.27. The molecule has 132 valence electrons. The number of para-hydroxylation sites is 1. The average Bonchev–Trinajstić information content (AvgIpc) is 2.67. The zero-order valence-electron chi connectivity index (χ0n) is 14.3. The number of rotatable bonds is 7. The van der Waals surface area contributed by atoms with Gasteiger partial charge in [-0.15, -0.1) is 0 Å². The number of nitrogens with two attached hydrogens (primary N) is 1. The Hall–Kier alpha value is -3.18. The minimum Gasteiger partial charge on any atom is -0.489 e. The van der Waals surface area contributed by atoms with Gasteiger partial charge in [0.1, 0.15) is 12.4 Å². The van der Waals surface area contributed by atoms with Crippen LogP contribution in [0, 0.1) is 0 Å². The molecule has 5 nitrogen and oxygen atoms in total. The fourth-order valence-corrected chi connectivity index (χ4v) is 2.69. The highest BCUT2D eigenvalue weighted by Crippen LogP contribution is 2.22.